The Kier molecular flexibility index (Phi) is 3.65. The van der Waals surface area contributed by atoms with Crippen LogP contribution in [0.25, 0.3) is 11.3 Å². The lowest BCUT2D eigenvalue weighted by Crippen LogP contribution is -2.13. The zero-order chi connectivity index (χ0) is 18.5. The van der Waals surface area contributed by atoms with Crippen LogP contribution in [0.3, 0.4) is 0 Å². The molecule has 0 aliphatic carbocycles. The highest BCUT2D eigenvalue weighted by Crippen LogP contribution is 2.41. The molecule has 5 rings (SSSR count). The van der Waals surface area contributed by atoms with Crippen molar-refractivity contribution < 1.29 is 13.9 Å². The molecule has 0 radical (unpaired) electrons. The molecule has 2 aliphatic heterocycles. The van der Waals surface area contributed by atoms with Crippen molar-refractivity contribution in [3.05, 3.63) is 52.6 Å². The summed E-state index contributed by atoms with van der Waals surface area (Å²) in [4.78, 5) is 8.72. The van der Waals surface area contributed by atoms with Crippen LogP contribution in [0.5, 0.6) is 11.5 Å². The summed E-state index contributed by atoms with van der Waals surface area (Å²) in [7, 11) is 1.82. The van der Waals surface area contributed by atoms with Crippen LogP contribution >= 0.6 is 11.6 Å². The maximum Gasteiger partial charge on any atom is 0.196 e. The Balaban J connectivity index is 1.65. The monoisotopic (exact) mass is 384 g/mol. The Bertz CT molecular complexity index is 1100. The third kappa shape index (κ3) is 2.57. The number of halogens is 2. The number of ether oxygens (including phenoxy) is 2. The quantitative estimate of drug-likeness (QED) is 0.597. The van der Waals surface area contributed by atoms with E-state index in [-0.39, 0.29) is 16.9 Å². The fraction of sp³-hybridized carbons (Fsp3) is 0.211. The number of benzene rings is 1. The average Bonchev–Trinajstić information content (AvgIpc) is 3.27. The van der Waals surface area contributed by atoms with Crippen LogP contribution in [0.2, 0.25) is 5.15 Å². The molecule has 1 aromatic carbocycles. The number of hydrogen-bond acceptors (Lipinski definition) is 5. The number of hydrogen-bond donors (Lipinski definition) is 0. The molecule has 2 aliphatic rings. The van der Waals surface area contributed by atoms with Gasteiger partial charge >= 0.3 is 0 Å². The molecule has 0 bridgehead atoms. The van der Waals surface area contributed by atoms with Crippen molar-refractivity contribution >= 4 is 23.6 Å². The van der Waals surface area contributed by atoms with Crippen LogP contribution in [0.15, 0.2) is 35.5 Å². The Labute approximate surface area is 159 Å². The first-order valence-electron chi connectivity index (χ1n) is 8.43. The molecule has 27 heavy (non-hydrogen) atoms. The normalized spacial score (nSPS) is 18.4. The molecular formula is C19H14ClFN4O2. The minimum absolute atomic E-state index is 0.0843. The van der Waals surface area contributed by atoms with Crippen molar-refractivity contribution in [2.75, 3.05) is 13.2 Å². The third-order valence-corrected chi connectivity index (χ3v) is 5.11. The summed E-state index contributed by atoms with van der Waals surface area (Å²) in [6, 6.07) is 6.66. The van der Waals surface area contributed by atoms with Crippen molar-refractivity contribution in [3.63, 3.8) is 0 Å². The summed E-state index contributed by atoms with van der Waals surface area (Å²) in [5, 5.41) is 4.44. The first-order valence-corrected chi connectivity index (χ1v) is 8.80. The molecule has 2 aromatic heterocycles. The summed E-state index contributed by atoms with van der Waals surface area (Å²) >= 11 is 6.38. The van der Waals surface area contributed by atoms with Crippen LogP contribution in [0, 0.1) is 5.82 Å². The van der Waals surface area contributed by atoms with E-state index in [1.54, 1.807) is 23.0 Å². The van der Waals surface area contributed by atoms with E-state index in [4.69, 9.17) is 21.1 Å². The standard InChI is InChI=1S/C19H14ClFN4O2/c1-25-14(4-5-23-25)11-6-16-19(24-18(11)20)22-7-12-13(21)2-3-15-17(12)10(8-26-15)9-27-16/h2-7,10H,8-9H2,1H3/b22-7-/t10-/m1/s1. The van der Waals surface area contributed by atoms with Gasteiger partial charge in [0.2, 0.25) is 0 Å². The van der Waals surface area contributed by atoms with Gasteiger partial charge in [0.1, 0.15) is 16.7 Å². The highest BCUT2D eigenvalue weighted by Gasteiger charge is 2.30. The van der Waals surface area contributed by atoms with Crippen molar-refractivity contribution in [2.24, 2.45) is 12.0 Å². The van der Waals surface area contributed by atoms with Crippen molar-refractivity contribution in [1.29, 1.82) is 0 Å². The molecule has 6 nitrogen and oxygen atoms in total. The van der Waals surface area contributed by atoms with Gasteiger partial charge in [0.05, 0.1) is 24.8 Å². The van der Waals surface area contributed by atoms with E-state index in [1.807, 2.05) is 13.1 Å². The molecule has 0 saturated carbocycles. The molecule has 3 aromatic rings. The van der Waals surface area contributed by atoms with E-state index in [0.29, 0.717) is 41.7 Å². The molecule has 136 valence electrons. The Hall–Kier alpha value is -2.93. The van der Waals surface area contributed by atoms with Gasteiger partial charge < -0.3 is 9.47 Å². The van der Waals surface area contributed by atoms with Gasteiger partial charge in [-0.2, -0.15) is 5.10 Å². The van der Waals surface area contributed by atoms with Crippen LogP contribution in [-0.4, -0.2) is 34.2 Å². The summed E-state index contributed by atoms with van der Waals surface area (Å²) in [6.45, 7) is 0.762. The van der Waals surface area contributed by atoms with Gasteiger partial charge in [-0.05, 0) is 24.3 Å². The number of aryl methyl sites for hydroxylation is 1. The fourth-order valence-electron chi connectivity index (χ4n) is 3.47. The Morgan fingerprint density at radius 2 is 2.00 bits per heavy atom. The third-order valence-electron chi connectivity index (χ3n) is 4.82. The fourth-order valence-corrected chi connectivity index (χ4v) is 3.70. The summed E-state index contributed by atoms with van der Waals surface area (Å²) in [5.41, 5.74) is 2.69. The van der Waals surface area contributed by atoms with E-state index in [1.165, 1.54) is 12.3 Å². The number of fused-ring (bicyclic) bond motifs is 1. The van der Waals surface area contributed by atoms with Crippen molar-refractivity contribution in [2.45, 2.75) is 5.92 Å². The van der Waals surface area contributed by atoms with Crippen LogP contribution in [-0.2, 0) is 7.05 Å². The maximum absolute atomic E-state index is 14.4. The molecular weight excluding hydrogens is 371 g/mol. The predicted molar refractivity (Wildman–Crippen MR) is 98.8 cm³/mol. The molecule has 0 spiro atoms. The second-order valence-electron chi connectivity index (χ2n) is 6.44. The lowest BCUT2D eigenvalue weighted by molar-refractivity contribution is 0.248. The lowest BCUT2D eigenvalue weighted by Gasteiger charge is -2.14. The van der Waals surface area contributed by atoms with Gasteiger partial charge in [-0.3, -0.25) is 4.68 Å². The summed E-state index contributed by atoms with van der Waals surface area (Å²) < 4.78 is 27.8. The maximum atomic E-state index is 14.4. The molecule has 8 heteroatoms. The van der Waals surface area contributed by atoms with Crippen LogP contribution in [0.1, 0.15) is 17.0 Å². The number of aromatic nitrogens is 3. The SMILES string of the molecule is Cn1nccc1-c1cc2c(nc1Cl)/N=C\c1c(F)ccc3c1[C@@H](CO2)CO3. The topological polar surface area (TPSA) is 61.5 Å². The van der Waals surface area contributed by atoms with Crippen LogP contribution < -0.4 is 9.47 Å². The molecule has 4 heterocycles. The highest BCUT2D eigenvalue weighted by atomic mass is 35.5. The van der Waals surface area contributed by atoms with Gasteiger partial charge in [0.15, 0.2) is 11.6 Å². The highest BCUT2D eigenvalue weighted by molar-refractivity contribution is 6.32. The first-order chi connectivity index (χ1) is 13.1. The molecule has 0 saturated heterocycles. The van der Waals surface area contributed by atoms with E-state index in [9.17, 15) is 4.39 Å². The van der Waals surface area contributed by atoms with Gasteiger partial charge in [0.25, 0.3) is 0 Å². The van der Waals surface area contributed by atoms with Gasteiger partial charge in [0, 0.05) is 36.1 Å². The number of aliphatic imine (C=N–C) groups is 1. The van der Waals surface area contributed by atoms with E-state index in [2.05, 4.69) is 15.1 Å². The average molecular weight is 385 g/mol. The molecule has 0 N–H and O–H groups in total. The van der Waals surface area contributed by atoms with Gasteiger partial charge in [-0.1, -0.05) is 11.6 Å². The number of pyridine rings is 1. The Morgan fingerprint density at radius 1 is 1.19 bits per heavy atom. The number of nitrogens with zero attached hydrogens (tertiary/aromatic N) is 4. The number of rotatable bonds is 1. The van der Waals surface area contributed by atoms with Gasteiger partial charge in [-0.15, -0.1) is 0 Å². The lowest BCUT2D eigenvalue weighted by atomic mass is 9.96. The van der Waals surface area contributed by atoms with Crippen LogP contribution in [0.4, 0.5) is 10.2 Å². The summed E-state index contributed by atoms with van der Waals surface area (Å²) in [6.07, 6.45) is 3.15. The first kappa shape index (κ1) is 16.3. The van der Waals surface area contributed by atoms with E-state index in [0.717, 1.165) is 11.3 Å². The predicted octanol–water partition coefficient (Wildman–Crippen LogP) is 3.89. The zero-order valence-electron chi connectivity index (χ0n) is 14.3. The molecule has 0 fully saturated rings. The zero-order valence-corrected chi connectivity index (χ0v) is 15.1. The van der Waals surface area contributed by atoms with Crippen molar-refractivity contribution in [1.82, 2.24) is 14.8 Å². The molecule has 0 unspecified atom stereocenters. The minimum Gasteiger partial charge on any atom is -0.492 e. The largest absolute Gasteiger partial charge is 0.492 e. The molecule has 0 amide bonds. The van der Waals surface area contributed by atoms with Gasteiger partial charge in [-0.25, -0.2) is 14.4 Å². The second kappa shape index (κ2) is 6.06. The van der Waals surface area contributed by atoms with Crippen molar-refractivity contribution in [3.8, 4) is 22.8 Å². The van der Waals surface area contributed by atoms with E-state index >= 15 is 0 Å². The minimum atomic E-state index is -0.353. The van der Waals surface area contributed by atoms with E-state index < -0.39 is 0 Å². The molecule has 1 atom stereocenters. The Morgan fingerprint density at radius 3 is 2.78 bits per heavy atom. The smallest absolute Gasteiger partial charge is 0.196 e. The summed E-state index contributed by atoms with van der Waals surface area (Å²) in [5.74, 6) is 1.02. The second-order valence-corrected chi connectivity index (χ2v) is 6.80.